The summed E-state index contributed by atoms with van der Waals surface area (Å²) in [5.74, 6) is -2.04. The van der Waals surface area contributed by atoms with E-state index in [1.807, 2.05) is 13.8 Å². The lowest BCUT2D eigenvalue weighted by Crippen LogP contribution is -2.54. The number of carbonyl (C=O) groups is 3. The highest BCUT2D eigenvalue weighted by molar-refractivity contribution is 7.87. The molecule has 0 unspecified atom stereocenters. The summed E-state index contributed by atoms with van der Waals surface area (Å²) in [6.07, 6.45) is 1.22. The standard InChI is InChI=1S/C26H21ClN2O7S/c1-15-9-10-18(11-16(15)2)29-25(31)20(24(30)28-26(29)32)12-17-13-21(27)23(22(14-17)35-3)36-37(33,34)19-7-5-4-6-8-19/h4-14H,1-3H3,(H,28,30,32)/b20-12+. The molecule has 0 bridgehead atoms. The van der Waals surface area contributed by atoms with Crippen molar-refractivity contribution in [2.45, 2.75) is 18.7 Å². The van der Waals surface area contributed by atoms with Crippen LogP contribution in [-0.2, 0) is 19.7 Å². The highest BCUT2D eigenvalue weighted by Crippen LogP contribution is 2.39. The number of hydrogen-bond acceptors (Lipinski definition) is 7. The van der Waals surface area contributed by atoms with Gasteiger partial charge in [0, 0.05) is 0 Å². The van der Waals surface area contributed by atoms with Crippen LogP contribution in [0, 0.1) is 13.8 Å². The van der Waals surface area contributed by atoms with E-state index in [4.69, 9.17) is 20.5 Å². The van der Waals surface area contributed by atoms with Crippen LogP contribution < -0.4 is 19.1 Å². The lowest BCUT2D eigenvalue weighted by molar-refractivity contribution is -0.122. The number of aryl methyl sites for hydroxylation is 2. The molecule has 4 amide bonds. The number of nitrogens with one attached hydrogen (secondary N) is 1. The monoisotopic (exact) mass is 540 g/mol. The summed E-state index contributed by atoms with van der Waals surface area (Å²) in [7, 11) is -2.94. The minimum atomic E-state index is -4.22. The van der Waals surface area contributed by atoms with Gasteiger partial charge < -0.3 is 8.92 Å². The van der Waals surface area contributed by atoms with E-state index in [0.717, 1.165) is 16.0 Å². The third-order valence-corrected chi connectivity index (χ3v) is 7.15. The van der Waals surface area contributed by atoms with Crippen LogP contribution in [0.1, 0.15) is 16.7 Å². The molecular formula is C26H21ClN2O7S. The van der Waals surface area contributed by atoms with Gasteiger partial charge in [-0.25, -0.2) is 9.69 Å². The predicted molar refractivity (Wildman–Crippen MR) is 137 cm³/mol. The number of methoxy groups -OCH3 is 1. The molecule has 0 spiro atoms. The van der Waals surface area contributed by atoms with E-state index in [1.165, 1.54) is 37.5 Å². The van der Waals surface area contributed by atoms with E-state index < -0.39 is 28.0 Å². The smallest absolute Gasteiger partial charge is 0.339 e. The van der Waals surface area contributed by atoms with Crippen LogP contribution in [0.2, 0.25) is 5.02 Å². The second-order valence-electron chi connectivity index (χ2n) is 8.11. The summed E-state index contributed by atoms with van der Waals surface area (Å²) in [5, 5.41) is 2.02. The normalized spacial score (nSPS) is 15.1. The number of hydrogen-bond donors (Lipinski definition) is 1. The Morgan fingerprint density at radius 2 is 1.65 bits per heavy atom. The Labute approximate surface area is 218 Å². The molecule has 1 aliphatic heterocycles. The number of benzene rings is 3. The predicted octanol–water partition coefficient (Wildman–Crippen LogP) is 4.40. The van der Waals surface area contributed by atoms with Crippen molar-refractivity contribution in [2.24, 2.45) is 0 Å². The number of rotatable bonds is 6. The van der Waals surface area contributed by atoms with Crippen molar-refractivity contribution in [1.29, 1.82) is 0 Å². The molecule has 9 nitrogen and oxygen atoms in total. The van der Waals surface area contributed by atoms with Crippen molar-refractivity contribution in [3.63, 3.8) is 0 Å². The van der Waals surface area contributed by atoms with Gasteiger partial charge in [0.05, 0.1) is 17.8 Å². The summed E-state index contributed by atoms with van der Waals surface area (Å²) in [5.41, 5.74) is 2.03. The Balaban J connectivity index is 1.71. The molecule has 3 aromatic carbocycles. The fourth-order valence-corrected chi connectivity index (χ4v) is 4.85. The maximum atomic E-state index is 13.2. The largest absolute Gasteiger partial charge is 0.493 e. The van der Waals surface area contributed by atoms with E-state index in [1.54, 1.807) is 36.4 Å². The topological polar surface area (TPSA) is 119 Å². The van der Waals surface area contributed by atoms with Gasteiger partial charge in [-0.1, -0.05) is 35.9 Å². The van der Waals surface area contributed by atoms with Crippen LogP contribution in [0.3, 0.4) is 0 Å². The molecular weight excluding hydrogens is 520 g/mol. The lowest BCUT2D eigenvalue weighted by atomic mass is 10.0. The zero-order valence-electron chi connectivity index (χ0n) is 19.9. The molecule has 3 aromatic rings. The molecule has 1 N–H and O–H groups in total. The van der Waals surface area contributed by atoms with Crippen LogP contribution >= 0.6 is 11.6 Å². The lowest BCUT2D eigenvalue weighted by Gasteiger charge is -2.27. The summed E-state index contributed by atoms with van der Waals surface area (Å²) < 4.78 is 35.8. The Hall–Kier alpha value is -4.15. The molecule has 0 radical (unpaired) electrons. The molecule has 4 rings (SSSR count). The van der Waals surface area contributed by atoms with Gasteiger partial charge in [-0.3, -0.25) is 14.9 Å². The van der Waals surface area contributed by atoms with Gasteiger partial charge in [-0.2, -0.15) is 8.42 Å². The van der Waals surface area contributed by atoms with Crippen molar-refractivity contribution >= 4 is 51.3 Å². The van der Waals surface area contributed by atoms with Crippen LogP contribution in [0.5, 0.6) is 11.5 Å². The molecule has 0 aromatic heterocycles. The Kier molecular flexibility index (Phi) is 7.06. The SMILES string of the molecule is COc1cc(/C=C2\C(=O)NC(=O)N(c3ccc(C)c(C)c3)C2=O)cc(Cl)c1OS(=O)(=O)c1ccccc1. The van der Waals surface area contributed by atoms with E-state index in [-0.39, 0.29) is 32.6 Å². The van der Waals surface area contributed by atoms with Crippen molar-refractivity contribution in [1.82, 2.24) is 5.32 Å². The van der Waals surface area contributed by atoms with Gasteiger partial charge in [0.25, 0.3) is 11.8 Å². The first kappa shape index (κ1) is 25.9. The van der Waals surface area contributed by atoms with E-state index in [0.29, 0.717) is 5.69 Å². The molecule has 37 heavy (non-hydrogen) atoms. The second kappa shape index (κ2) is 10.1. The molecule has 1 heterocycles. The number of carbonyl (C=O) groups excluding carboxylic acids is 3. The third kappa shape index (κ3) is 5.20. The maximum Gasteiger partial charge on any atom is 0.339 e. The van der Waals surface area contributed by atoms with Gasteiger partial charge >= 0.3 is 16.1 Å². The molecule has 0 atom stereocenters. The highest BCUT2D eigenvalue weighted by Gasteiger charge is 2.37. The average Bonchev–Trinajstić information content (AvgIpc) is 2.85. The number of ether oxygens (including phenoxy) is 1. The molecule has 190 valence electrons. The number of barbiturate groups is 1. The van der Waals surface area contributed by atoms with Crippen molar-refractivity contribution in [3.05, 3.63) is 87.9 Å². The summed E-state index contributed by atoms with van der Waals surface area (Å²) in [6.45, 7) is 3.73. The Morgan fingerprint density at radius 3 is 2.30 bits per heavy atom. The first-order chi connectivity index (χ1) is 17.5. The number of urea groups is 1. The number of halogens is 1. The molecule has 11 heteroatoms. The zero-order chi connectivity index (χ0) is 26.9. The van der Waals surface area contributed by atoms with Gasteiger partial charge in [-0.05, 0) is 73.0 Å². The molecule has 0 saturated carbocycles. The Bertz CT molecular complexity index is 1570. The van der Waals surface area contributed by atoms with Gasteiger partial charge in [-0.15, -0.1) is 0 Å². The molecule has 1 fully saturated rings. The minimum absolute atomic E-state index is 0.0513. The zero-order valence-corrected chi connectivity index (χ0v) is 21.5. The van der Waals surface area contributed by atoms with Crippen molar-refractivity contribution < 1.29 is 31.7 Å². The van der Waals surface area contributed by atoms with Gasteiger partial charge in [0.2, 0.25) is 5.75 Å². The first-order valence-electron chi connectivity index (χ1n) is 10.9. The fraction of sp³-hybridized carbons (Fsp3) is 0.115. The third-order valence-electron chi connectivity index (χ3n) is 5.64. The summed E-state index contributed by atoms with van der Waals surface area (Å²) >= 11 is 6.33. The van der Waals surface area contributed by atoms with Gasteiger partial charge in [0.1, 0.15) is 10.5 Å². The fourth-order valence-electron chi connectivity index (χ4n) is 3.57. The quantitative estimate of drug-likeness (QED) is 0.279. The number of amides is 4. The van der Waals surface area contributed by atoms with Crippen molar-refractivity contribution in [2.75, 3.05) is 12.0 Å². The van der Waals surface area contributed by atoms with Gasteiger partial charge in [0.15, 0.2) is 5.75 Å². The van der Waals surface area contributed by atoms with E-state index >= 15 is 0 Å². The van der Waals surface area contributed by atoms with Crippen LogP contribution in [-0.4, -0.2) is 33.4 Å². The summed E-state index contributed by atoms with van der Waals surface area (Å²) in [6, 6.07) is 14.3. The van der Waals surface area contributed by atoms with Crippen LogP contribution in [0.4, 0.5) is 10.5 Å². The second-order valence-corrected chi connectivity index (χ2v) is 10.1. The molecule has 1 aliphatic rings. The number of imide groups is 2. The van der Waals surface area contributed by atoms with Crippen molar-refractivity contribution in [3.8, 4) is 11.5 Å². The highest BCUT2D eigenvalue weighted by atomic mass is 35.5. The Morgan fingerprint density at radius 1 is 0.946 bits per heavy atom. The van der Waals surface area contributed by atoms with Crippen LogP contribution in [0.25, 0.3) is 6.08 Å². The number of anilines is 1. The first-order valence-corrected chi connectivity index (χ1v) is 12.7. The van der Waals surface area contributed by atoms with E-state index in [9.17, 15) is 22.8 Å². The van der Waals surface area contributed by atoms with Crippen LogP contribution in [0.15, 0.2) is 71.1 Å². The number of nitrogens with zero attached hydrogens (tertiary/aromatic N) is 1. The maximum absolute atomic E-state index is 13.2. The average molecular weight is 541 g/mol. The minimum Gasteiger partial charge on any atom is -0.493 e. The van der Waals surface area contributed by atoms with E-state index in [2.05, 4.69) is 5.32 Å². The summed E-state index contributed by atoms with van der Waals surface area (Å²) in [4.78, 5) is 39.0. The molecule has 0 aliphatic carbocycles. The molecule has 1 saturated heterocycles.